The van der Waals surface area contributed by atoms with Gasteiger partial charge in [-0.3, -0.25) is 0 Å². The third kappa shape index (κ3) is 3.69. The van der Waals surface area contributed by atoms with Crippen molar-refractivity contribution in [1.82, 2.24) is 0 Å². The molecule has 0 amide bonds. The number of hydrogen-bond donors (Lipinski definition) is 3. The first kappa shape index (κ1) is 14.3. The number of rotatable bonds is 5. The molecule has 1 unspecified atom stereocenters. The van der Waals surface area contributed by atoms with E-state index in [4.69, 9.17) is 20.4 Å². The van der Waals surface area contributed by atoms with Crippen molar-refractivity contribution in [3.8, 4) is 11.5 Å². The molecule has 1 aliphatic heterocycles. The molecule has 2 rings (SSSR count). The van der Waals surface area contributed by atoms with Gasteiger partial charge in [-0.15, -0.1) is 0 Å². The van der Waals surface area contributed by atoms with Crippen molar-refractivity contribution < 1.29 is 14.7 Å². The van der Waals surface area contributed by atoms with Gasteiger partial charge in [-0.1, -0.05) is 12.1 Å². The fraction of sp³-hybridized carbons (Fsp3) is 0.500. The van der Waals surface area contributed by atoms with Crippen LogP contribution in [0.25, 0.3) is 0 Å². The minimum atomic E-state index is 0.107. The molecule has 0 spiro atoms. The van der Waals surface area contributed by atoms with Gasteiger partial charge in [0.1, 0.15) is 5.84 Å². The molecule has 1 atom stereocenters. The summed E-state index contributed by atoms with van der Waals surface area (Å²) in [5, 5.41) is 15.0. The Labute approximate surface area is 118 Å². The summed E-state index contributed by atoms with van der Waals surface area (Å²) in [6.07, 6.45) is 2.24. The largest absolute Gasteiger partial charge is 0.490 e. The lowest BCUT2D eigenvalue weighted by Gasteiger charge is -2.18. The molecule has 6 nitrogen and oxygen atoms in total. The molecule has 1 heterocycles. The van der Waals surface area contributed by atoms with E-state index in [0.717, 1.165) is 30.0 Å². The minimum absolute atomic E-state index is 0.107. The molecule has 1 aliphatic rings. The molecular weight excluding hydrogens is 258 g/mol. The van der Waals surface area contributed by atoms with E-state index in [9.17, 15) is 0 Å². The SMILES string of the molecule is CCC(CC(N)=NO)Nc1ccc2c(c1)OCCCO2. The maximum Gasteiger partial charge on any atom is 0.163 e. The number of oxime groups is 1. The van der Waals surface area contributed by atoms with Gasteiger partial charge in [0, 0.05) is 30.6 Å². The average Bonchev–Trinajstić information content (AvgIpc) is 2.71. The average molecular weight is 279 g/mol. The molecule has 0 aromatic heterocycles. The fourth-order valence-corrected chi connectivity index (χ4v) is 2.08. The van der Waals surface area contributed by atoms with Crippen LogP contribution in [0.5, 0.6) is 11.5 Å². The van der Waals surface area contributed by atoms with Gasteiger partial charge in [0.15, 0.2) is 11.5 Å². The quantitative estimate of drug-likeness (QED) is 0.333. The second-order valence-corrected chi connectivity index (χ2v) is 4.76. The lowest BCUT2D eigenvalue weighted by molar-refractivity contribution is 0.297. The molecule has 0 saturated carbocycles. The summed E-state index contributed by atoms with van der Waals surface area (Å²) in [5.74, 6) is 1.75. The smallest absolute Gasteiger partial charge is 0.163 e. The Hall–Kier alpha value is -2.11. The maximum atomic E-state index is 8.63. The Balaban J connectivity index is 2.07. The summed E-state index contributed by atoms with van der Waals surface area (Å²) in [6, 6.07) is 5.88. The van der Waals surface area contributed by atoms with Crippen molar-refractivity contribution in [2.75, 3.05) is 18.5 Å². The van der Waals surface area contributed by atoms with Gasteiger partial charge in [0.05, 0.1) is 13.2 Å². The van der Waals surface area contributed by atoms with E-state index in [-0.39, 0.29) is 11.9 Å². The molecule has 6 heteroatoms. The van der Waals surface area contributed by atoms with Gasteiger partial charge < -0.3 is 25.7 Å². The summed E-state index contributed by atoms with van der Waals surface area (Å²) >= 11 is 0. The number of hydrogen-bond acceptors (Lipinski definition) is 5. The zero-order chi connectivity index (χ0) is 14.4. The summed E-state index contributed by atoms with van der Waals surface area (Å²) in [7, 11) is 0. The minimum Gasteiger partial charge on any atom is -0.490 e. The van der Waals surface area contributed by atoms with Crippen molar-refractivity contribution in [3.63, 3.8) is 0 Å². The first-order valence-electron chi connectivity index (χ1n) is 6.85. The first-order chi connectivity index (χ1) is 9.72. The van der Waals surface area contributed by atoms with Crippen molar-refractivity contribution in [2.24, 2.45) is 10.9 Å². The van der Waals surface area contributed by atoms with Gasteiger partial charge in [0.25, 0.3) is 0 Å². The van der Waals surface area contributed by atoms with Crippen molar-refractivity contribution in [1.29, 1.82) is 0 Å². The molecule has 4 N–H and O–H groups in total. The standard InChI is InChI=1S/C14H21N3O3/c1-2-10(9-14(15)17-18)16-11-4-5-12-13(8-11)20-7-3-6-19-12/h4-5,8,10,16,18H,2-3,6-7,9H2,1H3,(H2,15,17). The lowest BCUT2D eigenvalue weighted by Crippen LogP contribution is -2.26. The molecule has 20 heavy (non-hydrogen) atoms. The van der Waals surface area contributed by atoms with E-state index in [1.165, 1.54) is 0 Å². The molecule has 0 radical (unpaired) electrons. The molecule has 110 valence electrons. The highest BCUT2D eigenvalue weighted by Gasteiger charge is 2.13. The van der Waals surface area contributed by atoms with Crippen molar-refractivity contribution >= 4 is 11.5 Å². The van der Waals surface area contributed by atoms with Gasteiger partial charge in [-0.25, -0.2) is 0 Å². The molecule has 0 aliphatic carbocycles. The van der Waals surface area contributed by atoms with Crippen LogP contribution < -0.4 is 20.5 Å². The Bertz CT molecular complexity index is 477. The fourth-order valence-electron chi connectivity index (χ4n) is 2.08. The van der Waals surface area contributed by atoms with E-state index in [2.05, 4.69) is 10.5 Å². The van der Waals surface area contributed by atoms with E-state index in [0.29, 0.717) is 19.6 Å². The first-order valence-corrected chi connectivity index (χ1v) is 6.85. The summed E-state index contributed by atoms with van der Waals surface area (Å²) in [5.41, 5.74) is 6.49. The Morgan fingerprint density at radius 2 is 2.15 bits per heavy atom. The van der Waals surface area contributed by atoms with Crippen molar-refractivity contribution in [2.45, 2.75) is 32.2 Å². The van der Waals surface area contributed by atoms with Crippen LogP contribution in [0, 0.1) is 0 Å². The van der Waals surface area contributed by atoms with Crippen LogP contribution in [0.3, 0.4) is 0 Å². The van der Waals surface area contributed by atoms with Crippen LogP contribution in [0.2, 0.25) is 0 Å². The summed E-state index contributed by atoms with van der Waals surface area (Å²) in [6.45, 7) is 3.39. The van der Waals surface area contributed by atoms with E-state index in [1.54, 1.807) is 0 Å². The van der Waals surface area contributed by atoms with Crippen LogP contribution in [0.4, 0.5) is 5.69 Å². The molecule has 1 aromatic carbocycles. The lowest BCUT2D eigenvalue weighted by atomic mass is 10.1. The van der Waals surface area contributed by atoms with E-state index in [1.807, 2.05) is 25.1 Å². The predicted octanol–water partition coefficient (Wildman–Crippen LogP) is 2.17. The van der Waals surface area contributed by atoms with E-state index < -0.39 is 0 Å². The zero-order valence-corrected chi connectivity index (χ0v) is 11.6. The van der Waals surface area contributed by atoms with Crippen LogP contribution in [-0.2, 0) is 0 Å². The number of fused-ring (bicyclic) bond motifs is 1. The summed E-state index contributed by atoms with van der Waals surface area (Å²) < 4.78 is 11.2. The van der Waals surface area contributed by atoms with Gasteiger partial charge in [0.2, 0.25) is 0 Å². The monoisotopic (exact) mass is 279 g/mol. The van der Waals surface area contributed by atoms with Gasteiger partial charge in [-0.05, 0) is 18.6 Å². The topological polar surface area (TPSA) is 89.1 Å². The van der Waals surface area contributed by atoms with Crippen LogP contribution in [0.15, 0.2) is 23.4 Å². The molecule has 0 saturated heterocycles. The van der Waals surface area contributed by atoms with E-state index >= 15 is 0 Å². The molecule has 0 fully saturated rings. The predicted molar refractivity (Wildman–Crippen MR) is 77.8 cm³/mol. The van der Waals surface area contributed by atoms with Crippen LogP contribution in [-0.4, -0.2) is 30.3 Å². The normalized spacial score (nSPS) is 16.4. The second kappa shape index (κ2) is 6.88. The second-order valence-electron chi connectivity index (χ2n) is 4.76. The number of nitrogens with zero attached hydrogens (tertiary/aromatic N) is 1. The number of amidine groups is 1. The number of benzene rings is 1. The van der Waals surface area contributed by atoms with Crippen molar-refractivity contribution in [3.05, 3.63) is 18.2 Å². The number of nitrogens with two attached hydrogens (primary N) is 1. The highest BCUT2D eigenvalue weighted by molar-refractivity contribution is 5.80. The molecule has 0 bridgehead atoms. The number of nitrogens with one attached hydrogen (secondary N) is 1. The maximum absolute atomic E-state index is 8.63. The number of ether oxygens (including phenoxy) is 2. The highest BCUT2D eigenvalue weighted by atomic mass is 16.5. The Morgan fingerprint density at radius 3 is 2.85 bits per heavy atom. The van der Waals surface area contributed by atoms with Crippen LogP contribution >= 0.6 is 0 Å². The van der Waals surface area contributed by atoms with Gasteiger partial charge >= 0.3 is 0 Å². The molecular formula is C14H21N3O3. The highest BCUT2D eigenvalue weighted by Crippen LogP contribution is 2.32. The molecule has 1 aromatic rings. The van der Waals surface area contributed by atoms with Gasteiger partial charge in [-0.2, -0.15) is 0 Å². The number of anilines is 1. The Kier molecular flexibility index (Phi) is 4.92. The Morgan fingerprint density at radius 1 is 1.40 bits per heavy atom. The third-order valence-electron chi connectivity index (χ3n) is 3.20. The van der Waals surface area contributed by atoms with Crippen LogP contribution in [0.1, 0.15) is 26.2 Å². The summed E-state index contributed by atoms with van der Waals surface area (Å²) in [4.78, 5) is 0. The third-order valence-corrected chi connectivity index (χ3v) is 3.20. The zero-order valence-electron chi connectivity index (χ0n) is 11.6.